The number of piperidine rings is 1. The lowest BCUT2D eigenvalue weighted by Gasteiger charge is -2.27. The van der Waals surface area contributed by atoms with E-state index in [-0.39, 0.29) is 0 Å². The number of fused-ring (bicyclic) bond motifs is 1. The molecular formula is C15H16F3NS. The Kier molecular flexibility index (Phi) is 3.50. The Hall–Kier alpha value is -1.07. The van der Waals surface area contributed by atoms with Crippen LogP contribution in [0.2, 0.25) is 0 Å². The Bertz CT molecular complexity index is 617. The van der Waals surface area contributed by atoms with Gasteiger partial charge >= 0.3 is 6.18 Å². The van der Waals surface area contributed by atoms with Gasteiger partial charge in [-0.15, -0.1) is 11.3 Å². The van der Waals surface area contributed by atoms with Crippen molar-refractivity contribution in [1.82, 2.24) is 5.32 Å². The molecule has 20 heavy (non-hydrogen) atoms. The highest BCUT2D eigenvalue weighted by Gasteiger charge is 2.33. The van der Waals surface area contributed by atoms with Crippen LogP contribution in [0, 0.1) is 0 Å². The summed E-state index contributed by atoms with van der Waals surface area (Å²) >= 11 is 1.51. The summed E-state index contributed by atoms with van der Waals surface area (Å²) in [6.07, 6.45) is -2.29. The fourth-order valence-corrected chi connectivity index (χ4v) is 4.16. The van der Waals surface area contributed by atoms with Gasteiger partial charge in [-0.3, -0.25) is 0 Å². The van der Waals surface area contributed by atoms with Gasteiger partial charge in [0.2, 0.25) is 0 Å². The maximum Gasteiger partial charge on any atom is 0.417 e. The quantitative estimate of drug-likeness (QED) is 0.799. The molecule has 3 rings (SSSR count). The zero-order valence-electron chi connectivity index (χ0n) is 11.1. The smallest absolute Gasteiger partial charge is 0.314 e. The maximum absolute atomic E-state index is 13.0. The Balaban J connectivity index is 2.02. The van der Waals surface area contributed by atoms with Crippen LogP contribution in [0.25, 0.3) is 10.1 Å². The van der Waals surface area contributed by atoms with Crippen molar-refractivity contribution in [1.29, 1.82) is 0 Å². The number of hydrogen-bond donors (Lipinski definition) is 1. The molecule has 2 aromatic rings. The third kappa shape index (κ3) is 2.56. The third-order valence-corrected chi connectivity index (χ3v) is 5.17. The first-order chi connectivity index (χ1) is 9.45. The van der Waals surface area contributed by atoms with E-state index in [1.165, 1.54) is 23.5 Å². The van der Waals surface area contributed by atoms with Crippen molar-refractivity contribution >= 4 is 21.4 Å². The summed E-state index contributed by atoms with van der Waals surface area (Å²) in [4.78, 5) is 1.09. The number of nitrogens with one attached hydrogen (secondary N) is 1. The fraction of sp³-hybridized carbons (Fsp3) is 0.467. The predicted octanol–water partition coefficient (Wildman–Crippen LogP) is 4.78. The standard InChI is InChI=1S/C15H16F3NS/c1-9-7-10(5-6-19-9)14-8-11-12(15(16,17)18)3-2-4-13(11)20-14/h2-4,8-10,19H,5-7H2,1H3/t9-,10+/m0/s1. The van der Waals surface area contributed by atoms with Gasteiger partial charge in [0.1, 0.15) is 0 Å². The van der Waals surface area contributed by atoms with Crippen molar-refractivity contribution in [3.05, 3.63) is 34.7 Å². The van der Waals surface area contributed by atoms with Gasteiger partial charge in [0.25, 0.3) is 0 Å². The van der Waals surface area contributed by atoms with Gasteiger partial charge in [0, 0.05) is 21.0 Å². The normalized spacial score (nSPS) is 24.2. The minimum Gasteiger partial charge on any atom is -0.314 e. The second kappa shape index (κ2) is 5.04. The molecule has 1 aromatic carbocycles. The molecule has 0 radical (unpaired) electrons. The van der Waals surface area contributed by atoms with Crippen molar-refractivity contribution in [2.24, 2.45) is 0 Å². The van der Waals surface area contributed by atoms with Gasteiger partial charge in [-0.1, -0.05) is 6.07 Å². The van der Waals surface area contributed by atoms with Crippen LogP contribution in [-0.4, -0.2) is 12.6 Å². The average Bonchev–Trinajstić information content (AvgIpc) is 2.81. The molecule has 1 nitrogen and oxygen atoms in total. The number of hydrogen-bond acceptors (Lipinski definition) is 2. The van der Waals surface area contributed by atoms with Crippen LogP contribution < -0.4 is 5.32 Å². The molecule has 0 saturated carbocycles. The summed E-state index contributed by atoms with van der Waals surface area (Å²) in [5.41, 5.74) is -0.514. The van der Waals surface area contributed by atoms with E-state index in [4.69, 9.17) is 0 Å². The molecule has 0 unspecified atom stereocenters. The van der Waals surface area contributed by atoms with E-state index in [1.54, 1.807) is 12.1 Å². The highest BCUT2D eigenvalue weighted by atomic mass is 32.1. The molecule has 108 valence electrons. The number of benzene rings is 1. The summed E-state index contributed by atoms with van der Waals surface area (Å²) < 4.78 is 39.8. The second-order valence-electron chi connectivity index (χ2n) is 5.44. The zero-order chi connectivity index (χ0) is 14.3. The predicted molar refractivity (Wildman–Crippen MR) is 76.3 cm³/mol. The van der Waals surface area contributed by atoms with E-state index in [9.17, 15) is 13.2 Å². The van der Waals surface area contributed by atoms with E-state index in [0.29, 0.717) is 17.3 Å². The topological polar surface area (TPSA) is 12.0 Å². The second-order valence-corrected chi connectivity index (χ2v) is 6.56. The fourth-order valence-electron chi connectivity index (χ4n) is 2.92. The van der Waals surface area contributed by atoms with Crippen LogP contribution >= 0.6 is 11.3 Å². The number of alkyl halides is 3. The van der Waals surface area contributed by atoms with E-state index in [1.807, 2.05) is 0 Å². The first-order valence-electron chi connectivity index (χ1n) is 6.78. The van der Waals surface area contributed by atoms with Crippen LogP contribution in [0.4, 0.5) is 13.2 Å². The number of rotatable bonds is 1. The minimum atomic E-state index is -4.28. The van der Waals surface area contributed by atoms with Crippen LogP contribution in [-0.2, 0) is 6.18 Å². The van der Waals surface area contributed by atoms with Crippen LogP contribution in [0.15, 0.2) is 24.3 Å². The van der Waals surface area contributed by atoms with Crippen LogP contribution in [0.5, 0.6) is 0 Å². The van der Waals surface area contributed by atoms with Gasteiger partial charge in [0.15, 0.2) is 0 Å². The summed E-state index contributed by atoms with van der Waals surface area (Å²) in [7, 11) is 0. The molecule has 0 bridgehead atoms. The summed E-state index contributed by atoms with van der Waals surface area (Å²) in [6, 6.07) is 6.64. The molecule has 1 saturated heterocycles. The van der Waals surface area contributed by atoms with Gasteiger partial charge in [-0.25, -0.2) is 0 Å². The molecular weight excluding hydrogens is 283 g/mol. The van der Waals surface area contributed by atoms with Crippen molar-refractivity contribution in [2.75, 3.05) is 6.54 Å². The zero-order valence-corrected chi connectivity index (χ0v) is 11.9. The van der Waals surface area contributed by atoms with Gasteiger partial charge in [-0.05, 0) is 50.4 Å². The lowest BCUT2D eigenvalue weighted by atomic mass is 9.91. The van der Waals surface area contributed by atoms with Crippen LogP contribution in [0.3, 0.4) is 0 Å². The van der Waals surface area contributed by atoms with Crippen molar-refractivity contribution in [3.63, 3.8) is 0 Å². The first-order valence-corrected chi connectivity index (χ1v) is 7.60. The summed E-state index contributed by atoms with van der Waals surface area (Å²) in [6.45, 7) is 3.06. The molecule has 0 amide bonds. The Morgan fingerprint density at radius 1 is 1.30 bits per heavy atom. The highest BCUT2D eigenvalue weighted by Crippen LogP contribution is 2.41. The first kappa shape index (κ1) is 13.9. The van der Waals surface area contributed by atoms with E-state index < -0.39 is 11.7 Å². The van der Waals surface area contributed by atoms with Gasteiger partial charge in [0.05, 0.1) is 5.56 Å². The molecule has 1 N–H and O–H groups in total. The SMILES string of the molecule is C[C@H]1C[C@H](c2cc3c(C(F)(F)F)cccc3s2)CCN1. The summed E-state index contributed by atoms with van der Waals surface area (Å²) in [5, 5.41) is 3.73. The Morgan fingerprint density at radius 2 is 2.10 bits per heavy atom. The molecule has 1 aromatic heterocycles. The van der Waals surface area contributed by atoms with E-state index >= 15 is 0 Å². The lowest BCUT2D eigenvalue weighted by Crippen LogP contribution is -2.34. The lowest BCUT2D eigenvalue weighted by molar-refractivity contribution is -0.136. The monoisotopic (exact) mass is 299 g/mol. The molecule has 0 spiro atoms. The summed E-state index contributed by atoms with van der Waals surface area (Å²) in [5.74, 6) is 0.379. The third-order valence-electron chi connectivity index (χ3n) is 3.91. The van der Waals surface area contributed by atoms with Crippen molar-refractivity contribution < 1.29 is 13.2 Å². The van der Waals surface area contributed by atoms with Crippen LogP contribution in [0.1, 0.15) is 36.1 Å². The van der Waals surface area contributed by atoms with E-state index in [2.05, 4.69) is 12.2 Å². The van der Waals surface area contributed by atoms with Gasteiger partial charge in [-0.2, -0.15) is 13.2 Å². The molecule has 2 atom stereocenters. The average molecular weight is 299 g/mol. The number of halogens is 3. The Labute approximate surface area is 119 Å². The highest BCUT2D eigenvalue weighted by molar-refractivity contribution is 7.19. The number of thiophene rings is 1. The molecule has 1 aliphatic rings. The molecule has 1 fully saturated rings. The molecule has 5 heteroatoms. The van der Waals surface area contributed by atoms with Crippen molar-refractivity contribution in [2.45, 2.75) is 37.9 Å². The molecule has 2 heterocycles. The maximum atomic E-state index is 13.0. The molecule has 1 aliphatic heterocycles. The largest absolute Gasteiger partial charge is 0.417 e. The van der Waals surface area contributed by atoms with E-state index in [0.717, 1.165) is 29.0 Å². The Morgan fingerprint density at radius 3 is 2.80 bits per heavy atom. The van der Waals surface area contributed by atoms with Crippen molar-refractivity contribution in [3.8, 4) is 0 Å². The van der Waals surface area contributed by atoms with Gasteiger partial charge < -0.3 is 5.32 Å². The minimum absolute atomic E-state index is 0.353. The molecule has 0 aliphatic carbocycles.